The third kappa shape index (κ3) is 6.47. The monoisotopic (exact) mass is 797 g/mol. The van der Waals surface area contributed by atoms with Crippen molar-refractivity contribution in [3.63, 3.8) is 0 Å². The van der Waals surface area contributed by atoms with Gasteiger partial charge in [0.05, 0.1) is 6.04 Å². The molecule has 1 unspecified atom stereocenters. The molecule has 3 aliphatic carbocycles. The number of hydrogen-bond acceptors (Lipinski definition) is 1. The van der Waals surface area contributed by atoms with Gasteiger partial charge in [0, 0.05) is 16.8 Å². The van der Waals surface area contributed by atoms with Gasteiger partial charge in [0.15, 0.2) is 0 Å². The van der Waals surface area contributed by atoms with Crippen molar-refractivity contribution in [2.45, 2.75) is 57.4 Å². The first-order chi connectivity index (χ1) is 30.6. The number of benzene rings is 8. The van der Waals surface area contributed by atoms with Crippen LogP contribution in [0.3, 0.4) is 0 Å². The Hall–Kier alpha value is -6.96. The van der Waals surface area contributed by atoms with Gasteiger partial charge in [0.2, 0.25) is 0 Å². The van der Waals surface area contributed by atoms with E-state index in [9.17, 15) is 0 Å². The Balaban J connectivity index is 0.914. The van der Waals surface area contributed by atoms with E-state index >= 15 is 0 Å². The number of para-hydroxylation sites is 1. The fourth-order valence-corrected chi connectivity index (χ4v) is 10.9. The summed E-state index contributed by atoms with van der Waals surface area (Å²) in [5.74, 6) is 0. The molecule has 0 saturated carbocycles. The Labute approximate surface area is 367 Å². The van der Waals surface area contributed by atoms with Gasteiger partial charge < -0.3 is 4.90 Å². The van der Waals surface area contributed by atoms with Gasteiger partial charge in [-0.2, -0.15) is 0 Å². The van der Waals surface area contributed by atoms with Gasteiger partial charge in [-0.1, -0.05) is 190 Å². The van der Waals surface area contributed by atoms with E-state index < -0.39 is 0 Å². The van der Waals surface area contributed by atoms with E-state index in [2.05, 4.69) is 225 Å². The lowest BCUT2D eigenvalue weighted by molar-refractivity contribution is 0.490. The molecule has 3 aliphatic rings. The van der Waals surface area contributed by atoms with E-state index in [4.69, 9.17) is 0 Å². The zero-order valence-electron chi connectivity index (χ0n) is 35.7. The van der Waals surface area contributed by atoms with Crippen molar-refractivity contribution in [1.82, 2.24) is 0 Å². The molecule has 8 aromatic rings. The second kappa shape index (κ2) is 15.8. The average Bonchev–Trinajstić information content (AvgIpc) is 3.89. The molecule has 0 heterocycles. The predicted octanol–water partition coefficient (Wildman–Crippen LogP) is 16.2. The van der Waals surface area contributed by atoms with Gasteiger partial charge in [-0.3, -0.25) is 0 Å². The fourth-order valence-electron chi connectivity index (χ4n) is 10.9. The summed E-state index contributed by atoms with van der Waals surface area (Å²) in [6, 6.07) is 64.1. The molecule has 1 heteroatoms. The first-order valence-corrected chi connectivity index (χ1v) is 22.6. The summed E-state index contributed by atoms with van der Waals surface area (Å²) in [5, 5.41) is 2.82. The standard InChI is InChI=1S/C61H51N/c1-3-61(4-2)58-39-43(27-35-54(58)55-38-34-51(41-59(55)61)62(49-18-10-6-11-19-49)50-20-12-7-13-21-50)24-23-42-25-28-45(29-26-42)52-36-33-48(44-15-8-5-9-16-44)40-57(52)53-37-32-47-31-30-46-17-14-22-56(53)60(46)47/h5-20,22-29,32-41,50H,3-4,21,30-31H2,1-2H3/b24-23+. The smallest absolute Gasteiger partial charge is 0.0559 e. The van der Waals surface area contributed by atoms with Crippen molar-refractivity contribution in [3.05, 3.63) is 228 Å². The fraction of sp³-hybridized carbons (Fsp3) is 0.148. The highest BCUT2D eigenvalue weighted by molar-refractivity contribution is 6.04. The summed E-state index contributed by atoms with van der Waals surface area (Å²) >= 11 is 0. The molecule has 300 valence electrons. The Morgan fingerprint density at radius 1 is 0.500 bits per heavy atom. The molecule has 0 fully saturated rings. The number of fused-ring (bicyclic) bond motifs is 3. The summed E-state index contributed by atoms with van der Waals surface area (Å²) in [5.41, 5.74) is 21.0. The number of rotatable bonds is 10. The lowest BCUT2D eigenvalue weighted by Gasteiger charge is -2.35. The lowest BCUT2D eigenvalue weighted by atomic mass is 9.73. The number of nitrogens with zero attached hydrogens (tertiary/aromatic N) is 1. The molecule has 11 rings (SSSR count). The van der Waals surface area contributed by atoms with Crippen LogP contribution in [0.25, 0.3) is 67.4 Å². The maximum Gasteiger partial charge on any atom is 0.0559 e. The topological polar surface area (TPSA) is 3.24 Å². The van der Waals surface area contributed by atoms with Crippen LogP contribution in [-0.2, 0) is 18.3 Å². The summed E-state index contributed by atoms with van der Waals surface area (Å²) in [4.78, 5) is 2.52. The third-order valence-electron chi connectivity index (χ3n) is 14.2. The van der Waals surface area contributed by atoms with Gasteiger partial charge >= 0.3 is 0 Å². The summed E-state index contributed by atoms with van der Waals surface area (Å²) in [6.07, 6.45) is 18.9. The highest BCUT2D eigenvalue weighted by Crippen LogP contribution is 2.54. The van der Waals surface area contributed by atoms with E-state index in [0.29, 0.717) is 0 Å². The molecule has 0 spiro atoms. The number of hydrogen-bond donors (Lipinski definition) is 0. The average molecular weight is 798 g/mol. The van der Waals surface area contributed by atoms with E-state index in [1.165, 1.54) is 100 Å². The lowest BCUT2D eigenvalue weighted by Crippen LogP contribution is -2.30. The van der Waals surface area contributed by atoms with Gasteiger partial charge in [0.25, 0.3) is 0 Å². The molecule has 62 heavy (non-hydrogen) atoms. The van der Waals surface area contributed by atoms with Crippen LogP contribution in [0.4, 0.5) is 11.4 Å². The second-order valence-corrected chi connectivity index (χ2v) is 17.3. The highest BCUT2D eigenvalue weighted by Gasteiger charge is 2.41. The van der Waals surface area contributed by atoms with Crippen molar-refractivity contribution >= 4 is 34.3 Å². The largest absolute Gasteiger partial charge is 0.334 e. The molecule has 8 aromatic carbocycles. The molecule has 0 amide bonds. The van der Waals surface area contributed by atoms with E-state index in [1.807, 2.05) is 0 Å². The molecule has 1 atom stereocenters. The molecule has 0 radical (unpaired) electrons. The van der Waals surface area contributed by atoms with Crippen molar-refractivity contribution in [3.8, 4) is 44.5 Å². The summed E-state index contributed by atoms with van der Waals surface area (Å²) in [6.45, 7) is 4.74. The molecule has 1 nitrogen and oxygen atoms in total. The Morgan fingerprint density at radius 2 is 1.16 bits per heavy atom. The first-order valence-electron chi connectivity index (χ1n) is 22.6. The minimum Gasteiger partial charge on any atom is -0.334 e. The second-order valence-electron chi connectivity index (χ2n) is 17.3. The Kier molecular flexibility index (Phi) is 9.69. The molecule has 0 aliphatic heterocycles. The zero-order chi connectivity index (χ0) is 41.6. The molecular weight excluding hydrogens is 747 g/mol. The van der Waals surface area contributed by atoms with Crippen LogP contribution in [0.15, 0.2) is 194 Å². The van der Waals surface area contributed by atoms with E-state index in [0.717, 1.165) is 32.1 Å². The highest BCUT2D eigenvalue weighted by atomic mass is 15.2. The van der Waals surface area contributed by atoms with Crippen molar-refractivity contribution in [2.75, 3.05) is 4.90 Å². The maximum absolute atomic E-state index is 2.52. The molecule has 0 saturated heterocycles. The van der Waals surface area contributed by atoms with Crippen molar-refractivity contribution < 1.29 is 0 Å². The van der Waals surface area contributed by atoms with Crippen LogP contribution in [0.2, 0.25) is 0 Å². The number of allylic oxidation sites excluding steroid dienone is 2. The maximum atomic E-state index is 2.52. The number of anilines is 2. The summed E-state index contributed by atoms with van der Waals surface area (Å²) < 4.78 is 0. The normalized spacial score (nSPS) is 15.6. The third-order valence-corrected chi connectivity index (χ3v) is 14.2. The zero-order valence-corrected chi connectivity index (χ0v) is 35.7. The minimum absolute atomic E-state index is 0.0461. The van der Waals surface area contributed by atoms with E-state index in [-0.39, 0.29) is 11.5 Å². The van der Waals surface area contributed by atoms with Crippen LogP contribution in [0.1, 0.15) is 66.5 Å². The predicted molar refractivity (Wildman–Crippen MR) is 265 cm³/mol. The Morgan fingerprint density at radius 3 is 1.92 bits per heavy atom. The van der Waals surface area contributed by atoms with Gasteiger partial charge in [0.1, 0.15) is 0 Å². The SMILES string of the molecule is CCC1(CC)c2cc(/C=C/c3ccc(-c4ccc(-c5ccccc5)cc4-c4ccc5c6c(cccc46)CC5)cc3)ccc2-c2ccc(N(c3ccccc3)C3C=CC=CC3)cc21. The van der Waals surface area contributed by atoms with Crippen LogP contribution in [0, 0.1) is 0 Å². The van der Waals surface area contributed by atoms with Crippen LogP contribution in [0.5, 0.6) is 0 Å². The summed E-state index contributed by atoms with van der Waals surface area (Å²) in [7, 11) is 0. The Bertz CT molecular complexity index is 3040. The number of aryl methyl sites for hydroxylation is 2. The molecule has 0 N–H and O–H groups in total. The molecule has 0 bridgehead atoms. The minimum atomic E-state index is -0.0461. The first kappa shape index (κ1) is 38.0. The van der Waals surface area contributed by atoms with Gasteiger partial charge in [-0.25, -0.2) is 0 Å². The van der Waals surface area contributed by atoms with E-state index in [1.54, 1.807) is 0 Å². The van der Waals surface area contributed by atoms with Crippen LogP contribution in [-0.4, -0.2) is 6.04 Å². The van der Waals surface area contributed by atoms with Gasteiger partial charge in [-0.15, -0.1) is 0 Å². The van der Waals surface area contributed by atoms with Crippen LogP contribution >= 0.6 is 0 Å². The molecular formula is C61H51N. The van der Waals surface area contributed by atoms with Crippen molar-refractivity contribution in [2.24, 2.45) is 0 Å². The molecule has 0 aromatic heterocycles. The van der Waals surface area contributed by atoms with Crippen molar-refractivity contribution in [1.29, 1.82) is 0 Å². The van der Waals surface area contributed by atoms with Crippen LogP contribution < -0.4 is 4.90 Å². The van der Waals surface area contributed by atoms with Gasteiger partial charge in [-0.05, 0) is 151 Å². The quantitative estimate of drug-likeness (QED) is 0.125.